The molecule has 2 rings (SSSR count). The first-order valence-electron chi connectivity index (χ1n) is 5.76. The zero-order valence-corrected chi connectivity index (χ0v) is 10.1. The lowest BCUT2D eigenvalue weighted by atomic mass is 10.2. The third-order valence-corrected chi connectivity index (χ3v) is 3.33. The molecule has 86 valence electrons. The van der Waals surface area contributed by atoms with E-state index in [9.17, 15) is 4.79 Å². The molecule has 0 aromatic carbocycles. The summed E-state index contributed by atoms with van der Waals surface area (Å²) in [6.45, 7) is 4.90. The van der Waals surface area contributed by atoms with E-state index in [0.717, 1.165) is 29.8 Å². The Morgan fingerprint density at radius 1 is 1.62 bits per heavy atom. The second kappa shape index (κ2) is 4.24. The molecule has 3 nitrogen and oxygen atoms in total. The van der Waals surface area contributed by atoms with Crippen molar-refractivity contribution in [2.45, 2.75) is 20.3 Å². The van der Waals surface area contributed by atoms with Gasteiger partial charge in [0.2, 0.25) is 0 Å². The van der Waals surface area contributed by atoms with Gasteiger partial charge in [-0.25, -0.2) is 4.98 Å². The van der Waals surface area contributed by atoms with E-state index >= 15 is 0 Å². The first kappa shape index (κ1) is 11.1. The van der Waals surface area contributed by atoms with Crippen molar-refractivity contribution in [3.05, 3.63) is 23.9 Å². The Bertz CT molecular complexity index is 403. The molecule has 0 N–H and O–H groups in total. The third kappa shape index (κ3) is 2.40. The lowest BCUT2D eigenvalue weighted by molar-refractivity contribution is 0.101. The second-order valence-corrected chi connectivity index (χ2v) is 4.81. The van der Waals surface area contributed by atoms with Gasteiger partial charge in [-0.2, -0.15) is 0 Å². The molecule has 0 bridgehead atoms. The third-order valence-electron chi connectivity index (χ3n) is 3.33. The number of carbonyl (C=O) groups is 1. The Labute approximate surface area is 96.5 Å². The summed E-state index contributed by atoms with van der Waals surface area (Å²) in [5.74, 6) is 2.63. The molecule has 2 atom stereocenters. The van der Waals surface area contributed by atoms with E-state index in [1.54, 1.807) is 19.2 Å². The average Bonchev–Trinajstić information content (AvgIpc) is 2.94. The lowest BCUT2D eigenvalue weighted by Gasteiger charge is -2.18. The average molecular weight is 218 g/mol. The lowest BCUT2D eigenvalue weighted by Crippen LogP contribution is -2.21. The topological polar surface area (TPSA) is 33.2 Å². The Morgan fingerprint density at radius 3 is 2.88 bits per heavy atom. The van der Waals surface area contributed by atoms with E-state index in [2.05, 4.69) is 16.8 Å². The maximum atomic E-state index is 11.3. The number of pyridine rings is 1. The van der Waals surface area contributed by atoms with Gasteiger partial charge in [-0.1, -0.05) is 6.92 Å². The molecule has 1 aromatic heterocycles. The van der Waals surface area contributed by atoms with Gasteiger partial charge in [0.25, 0.3) is 0 Å². The predicted molar refractivity (Wildman–Crippen MR) is 64.8 cm³/mol. The quantitative estimate of drug-likeness (QED) is 0.727. The summed E-state index contributed by atoms with van der Waals surface area (Å²) < 4.78 is 0. The number of hydrogen-bond acceptors (Lipinski definition) is 3. The fraction of sp³-hybridized carbons (Fsp3) is 0.538. The molecular weight excluding hydrogens is 200 g/mol. The number of aromatic nitrogens is 1. The van der Waals surface area contributed by atoms with Crippen LogP contribution in [-0.4, -0.2) is 24.4 Å². The second-order valence-electron chi connectivity index (χ2n) is 4.81. The van der Waals surface area contributed by atoms with Crippen molar-refractivity contribution in [2.75, 3.05) is 18.5 Å². The minimum absolute atomic E-state index is 0.0943. The highest BCUT2D eigenvalue weighted by Gasteiger charge is 2.33. The van der Waals surface area contributed by atoms with Gasteiger partial charge in [-0.05, 0) is 37.3 Å². The molecule has 1 fully saturated rings. The zero-order chi connectivity index (χ0) is 11.7. The van der Waals surface area contributed by atoms with Gasteiger partial charge in [0.1, 0.15) is 5.82 Å². The van der Waals surface area contributed by atoms with Gasteiger partial charge in [0, 0.05) is 25.4 Å². The monoisotopic (exact) mass is 218 g/mol. The number of Topliss-reactive ketones (excluding diaryl/α,β-unsaturated/α-hetero) is 1. The van der Waals surface area contributed by atoms with Crippen molar-refractivity contribution in [3.8, 4) is 0 Å². The maximum absolute atomic E-state index is 11.3. The minimum atomic E-state index is 0.0943. The van der Waals surface area contributed by atoms with Gasteiger partial charge >= 0.3 is 0 Å². The number of hydrogen-bond donors (Lipinski definition) is 0. The molecule has 2 unspecified atom stereocenters. The molecular formula is C13H18N2O. The number of anilines is 1. The Balaban J connectivity index is 2.07. The van der Waals surface area contributed by atoms with Crippen LogP contribution in [0.1, 0.15) is 30.6 Å². The fourth-order valence-corrected chi connectivity index (χ4v) is 1.94. The van der Waals surface area contributed by atoms with Crippen LogP contribution in [0, 0.1) is 11.8 Å². The van der Waals surface area contributed by atoms with Crippen LogP contribution in [0.25, 0.3) is 0 Å². The van der Waals surface area contributed by atoms with Gasteiger partial charge in [-0.15, -0.1) is 0 Å². The number of carbonyl (C=O) groups excluding carboxylic acids is 1. The van der Waals surface area contributed by atoms with Gasteiger partial charge in [0.05, 0.1) is 0 Å². The van der Waals surface area contributed by atoms with Crippen molar-refractivity contribution in [1.29, 1.82) is 0 Å². The molecule has 0 saturated heterocycles. The van der Waals surface area contributed by atoms with E-state index in [1.807, 2.05) is 13.1 Å². The van der Waals surface area contributed by atoms with E-state index in [4.69, 9.17) is 0 Å². The highest BCUT2D eigenvalue weighted by atomic mass is 16.1. The van der Waals surface area contributed by atoms with Crippen LogP contribution in [0.5, 0.6) is 0 Å². The Morgan fingerprint density at radius 2 is 2.31 bits per heavy atom. The molecule has 0 spiro atoms. The van der Waals surface area contributed by atoms with E-state index in [0.29, 0.717) is 0 Å². The normalized spacial score (nSPS) is 22.9. The molecule has 1 aromatic rings. The standard InChI is InChI=1S/C13H18N2O/c1-9-6-12(9)8-15(3)13-7-11(10(2)16)4-5-14-13/h4-5,7,9,12H,6,8H2,1-3H3. The number of rotatable bonds is 4. The Kier molecular flexibility index (Phi) is 2.95. The van der Waals surface area contributed by atoms with E-state index in [-0.39, 0.29) is 5.78 Å². The van der Waals surface area contributed by atoms with Gasteiger partial charge < -0.3 is 4.90 Å². The summed E-state index contributed by atoms with van der Waals surface area (Å²) in [4.78, 5) is 17.7. The molecule has 16 heavy (non-hydrogen) atoms. The predicted octanol–water partition coefficient (Wildman–Crippen LogP) is 2.38. The molecule has 3 heteroatoms. The highest BCUT2D eigenvalue weighted by molar-refractivity contribution is 5.94. The van der Waals surface area contributed by atoms with Crippen molar-refractivity contribution >= 4 is 11.6 Å². The van der Waals surface area contributed by atoms with Crippen molar-refractivity contribution in [3.63, 3.8) is 0 Å². The molecule has 1 heterocycles. The minimum Gasteiger partial charge on any atom is -0.359 e. The summed E-state index contributed by atoms with van der Waals surface area (Å²) in [5.41, 5.74) is 0.737. The zero-order valence-electron chi connectivity index (χ0n) is 10.1. The summed E-state index contributed by atoms with van der Waals surface area (Å²) in [6, 6.07) is 3.63. The summed E-state index contributed by atoms with van der Waals surface area (Å²) in [7, 11) is 2.04. The molecule has 0 aliphatic heterocycles. The molecule has 1 aliphatic rings. The summed E-state index contributed by atoms with van der Waals surface area (Å²) in [5, 5.41) is 0. The highest BCUT2D eigenvalue weighted by Crippen LogP contribution is 2.38. The molecule has 0 radical (unpaired) electrons. The first-order valence-corrected chi connectivity index (χ1v) is 5.76. The number of nitrogens with zero attached hydrogens (tertiary/aromatic N) is 2. The molecule has 1 saturated carbocycles. The van der Waals surface area contributed by atoms with Crippen LogP contribution in [-0.2, 0) is 0 Å². The number of ketones is 1. The van der Waals surface area contributed by atoms with Crippen LogP contribution in [0.4, 0.5) is 5.82 Å². The Hall–Kier alpha value is -1.38. The fourth-order valence-electron chi connectivity index (χ4n) is 1.94. The van der Waals surface area contributed by atoms with Crippen molar-refractivity contribution < 1.29 is 4.79 Å². The molecule has 1 aliphatic carbocycles. The first-order chi connectivity index (χ1) is 7.58. The van der Waals surface area contributed by atoms with Gasteiger partial charge in [0.15, 0.2) is 5.78 Å². The summed E-state index contributed by atoms with van der Waals surface area (Å²) >= 11 is 0. The molecule has 0 amide bonds. The van der Waals surface area contributed by atoms with Crippen molar-refractivity contribution in [2.24, 2.45) is 11.8 Å². The van der Waals surface area contributed by atoms with Crippen molar-refractivity contribution in [1.82, 2.24) is 4.98 Å². The van der Waals surface area contributed by atoms with Crippen LogP contribution in [0.15, 0.2) is 18.3 Å². The maximum Gasteiger partial charge on any atom is 0.159 e. The van der Waals surface area contributed by atoms with Crippen LogP contribution in [0.2, 0.25) is 0 Å². The smallest absolute Gasteiger partial charge is 0.159 e. The largest absolute Gasteiger partial charge is 0.359 e. The SMILES string of the molecule is CC(=O)c1ccnc(N(C)CC2CC2C)c1. The van der Waals surface area contributed by atoms with Gasteiger partial charge in [-0.3, -0.25) is 4.79 Å². The van der Waals surface area contributed by atoms with E-state index in [1.165, 1.54) is 6.42 Å². The van der Waals surface area contributed by atoms with Crippen LogP contribution >= 0.6 is 0 Å². The van der Waals surface area contributed by atoms with Crippen LogP contribution in [0.3, 0.4) is 0 Å². The summed E-state index contributed by atoms with van der Waals surface area (Å²) in [6.07, 6.45) is 3.02. The van der Waals surface area contributed by atoms with Crippen LogP contribution < -0.4 is 4.90 Å². The van der Waals surface area contributed by atoms with E-state index < -0.39 is 0 Å².